The third kappa shape index (κ3) is 3.50. The number of hydrogen-bond acceptors (Lipinski definition) is 8. The van der Waals surface area contributed by atoms with Crippen LogP contribution in [0.2, 0.25) is 0 Å². The van der Waals surface area contributed by atoms with Gasteiger partial charge in [-0.25, -0.2) is 0 Å². The largest absolute Gasteiger partial charge is 0.411 e. The molecule has 0 atom stereocenters. The quantitative estimate of drug-likeness (QED) is 0.355. The summed E-state index contributed by atoms with van der Waals surface area (Å²) >= 11 is 0. The van der Waals surface area contributed by atoms with Crippen molar-refractivity contribution in [2.45, 2.75) is 20.8 Å². The van der Waals surface area contributed by atoms with Crippen LogP contribution >= 0.6 is 0 Å². The molecule has 22 heavy (non-hydrogen) atoms. The van der Waals surface area contributed by atoms with Crippen LogP contribution in [0.15, 0.2) is 12.1 Å². The number of hydrogen-bond donors (Lipinski definition) is 0. The second-order valence-corrected chi connectivity index (χ2v) is 5.22. The zero-order chi connectivity index (χ0) is 17.2. The summed E-state index contributed by atoms with van der Waals surface area (Å²) in [7, 11) is 0. The summed E-state index contributed by atoms with van der Waals surface area (Å²) in [5.41, 5.74) is -3.99. The molecule has 0 fully saturated rings. The van der Waals surface area contributed by atoms with Crippen LogP contribution in [0.3, 0.4) is 0 Å². The molecule has 0 radical (unpaired) electrons. The van der Waals surface area contributed by atoms with Gasteiger partial charge in [-0.3, -0.25) is 35.1 Å². The number of rotatable bonds is 4. The molecular formula is C11H11N3O8. The van der Waals surface area contributed by atoms with Crippen LogP contribution in [0.4, 0.5) is 17.1 Å². The van der Waals surface area contributed by atoms with Crippen LogP contribution in [-0.4, -0.2) is 20.7 Å². The molecule has 118 valence electrons. The standard InChI is InChI=1S/C11H11N3O8/c1-11(2,3)10(15)22-9-7(13(18)19)4-6(12(16)17)5-8(9)14(20)21/h4-5H,1-3H3. The molecule has 0 saturated carbocycles. The van der Waals surface area contributed by atoms with Crippen LogP contribution in [0.5, 0.6) is 5.75 Å². The van der Waals surface area contributed by atoms with Crippen molar-refractivity contribution in [2.24, 2.45) is 5.41 Å². The number of non-ortho nitro benzene ring substituents is 1. The lowest BCUT2D eigenvalue weighted by Crippen LogP contribution is -2.26. The number of ether oxygens (including phenoxy) is 1. The normalized spacial score (nSPS) is 10.9. The molecule has 1 aromatic carbocycles. The van der Waals surface area contributed by atoms with Gasteiger partial charge >= 0.3 is 17.3 Å². The predicted octanol–water partition coefficient (Wildman–Crippen LogP) is 2.36. The first-order chi connectivity index (χ1) is 9.95. The first-order valence-electron chi connectivity index (χ1n) is 5.78. The average Bonchev–Trinajstić information content (AvgIpc) is 2.36. The maximum absolute atomic E-state index is 11.8. The van der Waals surface area contributed by atoms with Crippen molar-refractivity contribution < 1.29 is 24.3 Å². The smallest absolute Gasteiger partial charge is 0.325 e. The van der Waals surface area contributed by atoms with E-state index in [-0.39, 0.29) is 0 Å². The molecular weight excluding hydrogens is 302 g/mol. The molecule has 0 unspecified atom stereocenters. The number of nitro groups is 3. The molecule has 0 N–H and O–H groups in total. The lowest BCUT2D eigenvalue weighted by Gasteiger charge is -2.16. The molecule has 0 aliphatic carbocycles. The van der Waals surface area contributed by atoms with Gasteiger partial charge in [-0.15, -0.1) is 0 Å². The highest BCUT2D eigenvalue weighted by Gasteiger charge is 2.36. The Morgan fingerprint density at radius 3 is 1.64 bits per heavy atom. The third-order valence-corrected chi connectivity index (χ3v) is 2.45. The predicted molar refractivity (Wildman–Crippen MR) is 71.5 cm³/mol. The molecule has 0 spiro atoms. The minimum Gasteiger partial charge on any atom is -0.411 e. The Morgan fingerprint density at radius 1 is 0.955 bits per heavy atom. The van der Waals surface area contributed by atoms with Crippen molar-refractivity contribution in [3.63, 3.8) is 0 Å². The fourth-order valence-electron chi connectivity index (χ4n) is 1.31. The number of nitrogens with zero attached hydrogens (tertiary/aromatic N) is 3. The summed E-state index contributed by atoms with van der Waals surface area (Å²) < 4.78 is 4.75. The minimum absolute atomic E-state index is 0.498. The maximum atomic E-state index is 11.8. The highest BCUT2D eigenvalue weighted by molar-refractivity contribution is 5.81. The average molecular weight is 313 g/mol. The Bertz CT molecular complexity index is 641. The first-order valence-corrected chi connectivity index (χ1v) is 5.78. The number of carbonyl (C=O) groups is 1. The highest BCUT2D eigenvalue weighted by Crippen LogP contribution is 2.41. The van der Waals surface area contributed by atoms with E-state index in [0.717, 1.165) is 0 Å². The number of esters is 1. The molecule has 0 aliphatic heterocycles. The molecule has 0 aliphatic rings. The molecule has 0 aromatic heterocycles. The van der Waals surface area contributed by atoms with Gasteiger partial charge in [-0.2, -0.15) is 0 Å². The van der Waals surface area contributed by atoms with Gasteiger partial charge in [0.2, 0.25) is 0 Å². The second kappa shape index (κ2) is 5.71. The molecule has 11 nitrogen and oxygen atoms in total. The summed E-state index contributed by atoms with van der Waals surface area (Å²) in [5, 5.41) is 32.6. The van der Waals surface area contributed by atoms with E-state index in [9.17, 15) is 35.1 Å². The fourth-order valence-corrected chi connectivity index (χ4v) is 1.31. The van der Waals surface area contributed by atoms with Gasteiger partial charge in [0.15, 0.2) is 0 Å². The van der Waals surface area contributed by atoms with Gasteiger partial charge < -0.3 is 4.74 Å². The van der Waals surface area contributed by atoms with Crippen molar-refractivity contribution in [3.8, 4) is 5.75 Å². The SMILES string of the molecule is CC(C)(C)C(=O)Oc1c([N+](=O)[O-])cc([N+](=O)[O-])cc1[N+](=O)[O-]. The van der Waals surface area contributed by atoms with E-state index in [2.05, 4.69) is 0 Å². The van der Waals surface area contributed by atoms with E-state index in [1.54, 1.807) is 0 Å². The monoisotopic (exact) mass is 313 g/mol. The maximum Gasteiger partial charge on any atom is 0.325 e. The molecule has 1 rings (SSSR count). The minimum atomic E-state index is -1.09. The van der Waals surface area contributed by atoms with Crippen molar-refractivity contribution >= 4 is 23.0 Å². The molecule has 0 heterocycles. The van der Waals surface area contributed by atoms with Gasteiger partial charge in [-0.05, 0) is 20.8 Å². The van der Waals surface area contributed by atoms with Crippen LogP contribution < -0.4 is 4.74 Å². The van der Waals surface area contributed by atoms with Crippen molar-refractivity contribution in [1.82, 2.24) is 0 Å². The summed E-state index contributed by atoms with van der Waals surface area (Å²) in [5.74, 6) is -1.88. The fraction of sp³-hybridized carbons (Fsp3) is 0.364. The lowest BCUT2D eigenvalue weighted by atomic mass is 9.97. The summed E-state index contributed by atoms with van der Waals surface area (Å²) in [6.07, 6.45) is 0. The van der Waals surface area contributed by atoms with Gasteiger partial charge in [-0.1, -0.05) is 0 Å². The van der Waals surface area contributed by atoms with Crippen molar-refractivity contribution in [2.75, 3.05) is 0 Å². The third-order valence-electron chi connectivity index (χ3n) is 2.45. The van der Waals surface area contributed by atoms with Gasteiger partial charge in [0.05, 0.1) is 32.3 Å². The highest BCUT2D eigenvalue weighted by atomic mass is 16.6. The van der Waals surface area contributed by atoms with E-state index in [1.807, 2.05) is 0 Å². The van der Waals surface area contributed by atoms with Crippen LogP contribution in [0.1, 0.15) is 20.8 Å². The van der Waals surface area contributed by atoms with E-state index in [4.69, 9.17) is 4.74 Å². The Balaban J connectivity index is 3.59. The van der Waals surface area contributed by atoms with Gasteiger partial charge in [0, 0.05) is 0 Å². The van der Waals surface area contributed by atoms with Crippen molar-refractivity contribution in [1.29, 1.82) is 0 Å². The molecule has 0 bridgehead atoms. The number of benzene rings is 1. The molecule has 0 saturated heterocycles. The number of carbonyl (C=O) groups excluding carboxylic acids is 1. The van der Waals surface area contributed by atoms with Crippen molar-refractivity contribution in [3.05, 3.63) is 42.5 Å². The Hall–Kier alpha value is -3.11. The van der Waals surface area contributed by atoms with Gasteiger partial charge in [0.1, 0.15) is 0 Å². The second-order valence-electron chi connectivity index (χ2n) is 5.22. The Labute approximate surface area is 122 Å². The van der Waals surface area contributed by atoms with E-state index < -0.39 is 49.0 Å². The zero-order valence-corrected chi connectivity index (χ0v) is 11.8. The Kier molecular flexibility index (Phi) is 4.40. The van der Waals surface area contributed by atoms with E-state index >= 15 is 0 Å². The number of nitro benzene ring substituents is 3. The van der Waals surface area contributed by atoms with E-state index in [0.29, 0.717) is 12.1 Å². The molecule has 1 aromatic rings. The Morgan fingerprint density at radius 2 is 1.36 bits per heavy atom. The molecule has 0 amide bonds. The molecule has 11 heteroatoms. The van der Waals surface area contributed by atoms with Crippen LogP contribution in [0.25, 0.3) is 0 Å². The summed E-state index contributed by atoms with van der Waals surface area (Å²) in [4.78, 5) is 41.2. The zero-order valence-electron chi connectivity index (χ0n) is 11.8. The van der Waals surface area contributed by atoms with E-state index in [1.165, 1.54) is 20.8 Å². The van der Waals surface area contributed by atoms with Gasteiger partial charge in [0.25, 0.3) is 11.4 Å². The summed E-state index contributed by atoms with van der Waals surface area (Å²) in [6, 6.07) is 0.997. The van der Waals surface area contributed by atoms with Crippen LogP contribution in [-0.2, 0) is 4.79 Å². The topological polar surface area (TPSA) is 156 Å². The first kappa shape index (κ1) is 16.9. The summed E-state index contributed by atoms with van der Waals surface area (Å²) in [6.45, 7) is 4.33. The lowest BCUT2D eigenvalue weighted by molar-refractivity contribution is -0.404. The van der Waals surface area contributed by atoms with Crippen LogP contribution in [0, 0.1) is 35.8 Å².